The van der Waals surface area contributed by atoms with Crippen LogP contribution >= 0.6 is 0 Å². The van der Waals surface area contributed by atoms with Crippen LogP contribution in [0.3, 0.4) is 0 Å². The zero-order chi connectivity index (χ0) is 17.2. The average molecular weight is 328 g/mol. The molecule has 1 aliphatic carbocycles. The Kier molecular flexibility index (Phi) is 4.95. The number of carbonyl (C=O) groups is 1. The molecule has 1 heterocycles. The van der Waals surface area contributed by atoms with Gasteiger partial charge >= 0.3 is 6.09 Å². The van der Waals surface area contributed by atoms with Crippen molar-refractivity contribution in [2.75, 3.05) is 0 Å². The zero-order valence-electron chi connectivity index (χ0n) is 15.0. The van der Waals surface area contributed by atoms with E-state index in [0.29, 0.717) is 6.04 Å². The number of benzene rings is 1. The summed E-state index contributed by atoms with van der Waals surface area (Å²) in [5.41, 5.74) is 1.65. The van der Waals surface area contributed by atoms with Gasteiger partial charge in [0.15, 0.2) is 0 Å². The first-order valence-electron chi connectivity index (χ1n) is 9.00. The topological polar surface area (TPSA) is 43.3 Å². The number of rotatable bonds is 3. The molecule has 1 N–H and O–H groups in total. The first-order chi connectivity index (χ1) is 11.4. The van der Waals surface area contributed by atoms with Crippen molar-refractivity contribution < 1.29 is 9.53 Å². The fourth-order valence-corrected chi connectivity index (χ4v) is 3.42. The van der Waals surface area contributed by atoms with Crippen molar-refractivity contribution in [3.05, 3.63) is 36.0 Å². The third-order valence-electron chi connectivity index (χ3n) is 4.60. The molecule has 0 amide bonds. The average Bonchev–Trinajstić information content (AvgIpc) is 2.97. The molecule has 0 bridgehead atoms. The summed E-state index contributed by atoms with van der Waals surface area (Å²) in [5.74, 6) is 0. The Morgan fingerprint density at radius 2 is 1.96 bits per heavy atom. The predicted octanol–water partition coefficient (Wildman–Crippen LogP) is 4.85. The second-order valence-electron chi connectivity index (χ2n) is 7.73. The molecular formula is C20H28N2O2. The molecule has 4 heteroatoms. The van der Waals surface area contributed by atoms with Gasteiger partial charge in [0.2, 0.25) is 0 Å². The van der Waals surface area contributed by atoms with Gasteiger partial charge in [-0.2, -0.15) is 0 Å². The van der Waals surface area contributed by atoms with Crippen LogP contribution in [0.25, 0.3) is 10.9 Å². The maximum Gasteiger partial charge on any atom is 0.418 e. The Hall–Kier alpha value is -1.81. The van der Waals surface area contributed by atoms with Crippen LogP contribution < -0.4 is 5.32 Å². The number of aromatic nitrogens is 1. The first kappa shape index (κ1) is 17.0. The monoisotopic (exact) mass is 328 g/mol. The zero-order valence-corrected chi connectivity index (χ0v) is 15.0. The number of nitrogens with one attached hydrogen (secondary N) is 1. The fourth-order valence-electron chi connectivity index (χ4n) is 3.42. The standard InChI is InChI=1S/C20H28N2O2/c1-20(2,3)24-19(23)22-13-12-17-15(8-7-11-18(17)22)14-21-16-9-5-4-6-10-16/h7-8,11-13,16,21H,4-6,9-10,14H2,1-3H3. The van der Waals surface area contributed by atoms with Gasteiger partial charge in [-0.1, -0.05) is 31.4 Å². The molecule has 0 atom stereocenters. The van der Waals surface area contributed by atoms with Gasteiger partial charge in [-0.3, -0.25) is 4.57 Å². The Balaban J connectivity index is 1.77. The molecule has 0 unspecified atom stereocenters. The molecule has 1 aromatic heterocycles. The van der Waals surface area contributed by atoms with Gasteiger partial charge < -0.3 is 10.1 Å². The number of ether oxygens (including phenoxy) is 1. The van der Waals surface area contributed by atoms with E-state index in [0.717, 1.165) is 17.4 Å². The smallest absolute Gasteiger partial charge is 0.418 e. The highest BCUT2D eigenvalue weighted by Gasteiger charge is 2.19. The normalized spacial score (nSPS) is 16.5. The molecule has 0 spiro atoms. The van der Waals surface area contributed by atoms with Gasteiger partial charge in [0.05, 0.1) is 5.52 Å². The van der Waals surface area contributed by atoms with E-state index in [9.17, 15) is 4.79 Å². The molecule has 0 radical (unpaired) electrons. The lowest BCUT2D eigenvalue weighted by molar-refractivity contribution is 0.0544. The maximum absolute atomic E-state index is 12.4. The Morgan fingerprint density at radius 1 is 1.21 bits per heavy atom. The van der Waals surface area contributed by atoms with E-state index in [-0.39, 0.29) is 6.09 Å². The van der Waals surface area contributed by atoms with Gasteiger partial charge in [-0.05, 0) is 51.3 Å². The van der Waals surface area contributed by atoms with E-state index >= 15 is 0 Å². The third-order valence-corrected chi connectivity index (χ3v) is 4.60. The largest absolute Gasteiger partial charge is 0.443 e. The Labute approximate surface area is 144 Å². The Bertz CT molecular complexity index is 706. The summed E-state index contributed by atoms with van der Waals surface area (Å²) in [6, 6.07) is 8.76. The van der Waals surface area contributed by atoms with E-state index < -0.39 is 5.60 Å². The molecule has 2 aromatic rings. The lowest BCUT2D eigenvalue weighted by atomic mass is 9.95. The lowest BCUT2D eigenvalue weighted by Gasteiger charge is -2.23. The van der Waals surface area contributed by atoms with E-state index in [1.165, 1.54) is 37.7 Å². The second kappa shape index (κ2) is 6.98. The van der Waals surface area contributed by atoms with Gasteiger partial charge in [-0.15, -0.1) is 0 Å². The fraction of sp³-hybridized carbons (Fsp3) is 0.550. The van der Waals surface area contributed by atoms with Crippen LogP contribution in [-0.2, 0) is 11.3 Å². The quantitative estimate of drug-likeness (QED) is 0.876. The molecular weight excluding hydrogens is 300 g/mol. The van der Waals surface area contributed by atoms with Crippen LogP contribution in [0.1, 0.15) is 58.4 Å². The lowest BCUT2D eigenvalue weighted by Crippen LogP contribution is -2.30. The van der Waals surface area contributed by atoms with Gasteiger partial charge in [0.25, 0.3) is 0 Å². The summed E-state index contributed by atoms with van der Waals surface area (Å²) in [7, 11) is 0. The molecule has 0 aliphatic heterocycles. The molecule has 1 aromatic carbocycles. The molecule has 130 valence electrons. The van der Waals surface area contributed by atoms with Crippen molar-refractivity contribution >= 4 is 17.0 Å². The SMILES string of the molecule is CC(C)(C)OC(=O)n1ccc2c(CNC3CCCCC3)cccc21. The van der Waals surface area contributed by atoms with Crippen molar-refractivity contribution in [3.8, 4) is 0 Å². The van der Waals surface area contributed by atoms with E-state index in [2.05, 4.69) is 11.4 Å². The summed E-state index contributed by atoms with van der Waals surface area (Å²) in [6.45, 7) is 6.50. The second-order valence-corrected chi connectivity index (χ2v) is 7.73. The Morgan fingerprint density at radius 3 is 2.67 bits per heavy atom. The summed E-state index contributed by atoms with van der Waals surface area (Å²) < 4.78 is 7.10. The summed E-state index contributed by atoms with van der Waals surface area (Å²) >= 11 is 0. The predicted molar refractivity (Wildman–Crippen MR) is 97.3 cm³/mol. The summed E-state index contributed by atoms with van der Waals surface area (Å²) in [5, 5.41) is 4.80. The van der Waals surface area contributed by atoms with Crippen molar-refractivity contribution in [2.24, 2.45) is 0 Å². The van der Waals surface area contributed by atoms with Crippen LogP contribution in [0.2, 0.25) is 0 Å². The molecule has 0 saturated heterocycles. The number of hydrogen-bond acceptors (Lipinski definition) is 3. The minimum atomic E-state index is -0.492. The van der Waals surface area contributed by atoms with Crippen molar-refractivity contribution in [1.29, 1.82) is 0 Å². The number of nitrogens with zero attached hydrogens (tertiary/aromatic N) is 1. The number of fused-ring (bicyclic) bond motifs is 1. The van der Waals surface area contributed by atoms with Crippen LogP contribution in [-0.4, -0.2) is 22.3 Å². The van der Waals surface area contributed by atoms with Crippen LogP contribution in [0, 0.1) is 0 Å². The maximum atomic E-state index is 12.4. The molecule has 3 rings (SSSR count). The minimum absolute atomic E-state index is 0.324. The highest BCUT2D eigenvalue weighted by Crippen LogP contribution is 2.23. The van der Waals surface area contributed by atoms with Crippen LogP contribution in [0.4, 0.5) is 4.79 Å². The molecule has 1 saturated carbocycles. The number of carbonyl (C=O) groups excluding carboxylic acids is 1. The van der Waals surface area contributed by atoms with E-state index in [4.69, 9.17) is 4.74 Å². The summed E-state index contributed by atoms with van der Waals surface area (Å²) in [6.07, 6.45) is 8.06. The van der Waals surface area contributed by atoms with Gasteiger partial charge in [0.1, 0.15) is 5.60 Å². The molecule has 4 nitrogen and oxygen atoms in total. The minimum Gasteiger partial charge on any atom is -0.443 e. The van der Waals surface area contributed by atoms with Crippen molar-refractivity contribution in [2.45, 2.75) is 71.1 Å². The highest BCUT2D eigenvalue weighted by atomic mass is 16.6. The highest BCUT2D eigenvalue weighted by molar-refractivity contribution is 5.91. The molecule has 1 fully saturated rings. The number of hydrogen-bond donors (Lipinski definition) is 1. The van der Waals surface area contributed by atoms with Gasteiger partial charge in [-0.25, -0.2) is 4.79 Å². The van der Waals surface area contributed by atoms with Crippen molar-refractivity contribution in [1.82, 2.24) is 9.88 Å². The summed E-state index contributed by atoms with van der Waals surface area (Å²) in [4.78, 5) is 12.4. The van der Waals surface area contributed by atoms with Crippen molar-refractivity contribution in [3.63, 3.8) is 0 Å². The third kappa shape index (κ3) is 3.99. The molecule has 1 aliphatic rings. The van der Waals surface area contributed by atoms with Crippen LogP contribution in [0.15, 0.2) is 30.5 Å². The van der Waals surface area contributed by atoms with Gasteiger partial charge in [0, 0.05) is 24.2 Å². The first-order valence-corrected chi connectivity index (χ1v) is 9.00. The van der Waals surface area contributed by atoms with E-state index in [1.807, 2.05) is 45.2 Å². The molecule has 24 heavy (non-hydrogen) atoms. The van der Waals surface area contributed by atoms with E-state index in [1.54, 1.807) is 4.57 Å². The van der Waals surface area contributed by atoms with Crippen LogP contribution in [0.5, 0.6) is 0 Å².